The van der Waals surface area contributed by atoms with Gasteiger partial charge < -0.3 is 0 Å². The summed E-state index contributed by atoms with van der Waals surface area (Å²) in [5.74, 6) is -0.00613. The summed E-state index contributed by atoms with van der Waals surface area (Å²) in [5, 5.41) is 0. The van der Waals surface area contributed by atoms with Gasteiger partial charge in [0.25, 0.3) is 0 Å². The zero-order chi connectivity index (χ0) is 12.8. The second kappa shape index (κ2) is 5.82. The molecular weight excluding hydrogens is 222 g/mol. The van der Waals surface area contributed by atoms with Gasteiger partial charge >= 0.3 is 0 Å². The second-order valence-electron chi connectivity index (χ2n) is 3.95. The molecule has 0 atom stereocenters. The predicted octanol–water partition coefficient (Wildman–Crippen LogP) is 3.71. The van der Waals surface area contributed by atoms with Gasteiger partial charge in [-0.2, -0.15) is 0 Å². The summed E-state index contributed by atoms with van der Waals surface area (Å²) < 4.78 is 0. The molecule has 0 aromatic heterocycles. The van der Waals surface area contributed by atoms with E-state index in [4.69, 9.17) is 0 Å². The molecule has 0 saturated carbocycles. The molecule has 1 amide bonds. The van der Waals surface area contributed by atoms with Crippen LogP contribution >= 0.6 is 0 Å². The van der Waals surface area contributed by atoms with Crippen molar-refractivity contribution in [3.63, 3.8) is 0 Å². The molecule has 0 bridgehead atoms. The Bertz CT molecular complexity index is 532. The fourth-order valence-electron chi connectivity index (χ4n) is 1.69. The highest BCUT2D eigenvalue weighted by Gasteiger charge is 2.06. The standard InChI is InChI=1S/C16H15NO/c1-14(18)17(16-10-6-3-7-11-16)13-12-15-8-4-2-5-9-15/h2-13H,1H3. The van der Waals surface area contributed by atoms with E-state index in [9.17, 15) is 4.79 Å². The number of anilines is 1. The Hall–Kier alpha value is -2.35. The highest BCUT2D eigenvalue weighted by Crippen LogP contribution is 2.15. The van der Waals surface area contributed by atoms with Crippen LogP contribution in [0.4, 0.5) is 5.69 Å². The third-order valence-corrected chi connectivity index (χ3v) is 2.59. The Morgan fingerprint density at radius 3 is 2.06 bits per heavy atom. The van der Waals surface area contributed by atoms with E-state index in [-0.39, 0.29) is 5.91 Å². The Kier molecular flexibility index (Phi) is 3.92. The molecule has 0 radical (unpaired) electrons. The van der Waals surface area contributed by atoms with E-state index in [1.165, 1.54) is 0 Å². The molecule has 0 fully saturated rings. The van der Waals surface area contributed by atoms with E-state index < -0.39 is 0 Å². The van der Waals surface area contributed by atoms with Crippen LogP contribution < -0.4 is 4.90 Å². The lowest BCUT2D eigenvalue weighted by molar-refractivity contribution is -0.115. The predicted molar refractivity (Wildman–Crippen MR) is 75.1 cm³/mol. The Morgan fingerprint density at radius 2 is 1.50 bits per heavy atom. The number of amides is 1. The minimum absolute atomic E-state index is 0.00613. The van der Waals surface area contributed by atoms with Gasteiger partial charge in [0, 0.05) is 18.8 Å². The van der Waals surface area contributed by atoms with Crippen molar-refractivity contribution in [1.29, 1.82) is 0 Å². The zero-order valence-corrected chi connectivity index (χ0v) is 10.3. The van der Waals surface area contributed by atoms with Gasteiger partial charge in [-0.15, -0.1) is 0 Å². The normalized spacial score (nSPS) is 10.5. The average molecular weight is 237 g/mol. The third-order valence-electron chi connectivity index (χ3n) is 2.59. The molecule has 0 N–H and O–H groups in total. The van der Waals surface area contributed by atoms with Crippen LogP contribution in [0.1, 0.15) is 12.5 Å². The van der Waals surface area contributed by atoms with Crippen LogP contribution in [0.3, 0.4) is 0 Å². The first kappa shape index (κ1) is 12.1. The topological polar surface area (TPSA) is 20.3 Å². The summed E-state index contributed by atoms with van der Waals surface area (Å²) in [6.45, 7) is 1.56. The second-order valence-corrected chi connectivity index (χ2v) is 3.95. The molecule has 2 nitrogen and oxygen atoms in total. The number of carbonyl (C=O) groups excluding carboxylic acids is 1. The lowest BCUT2D eigenvalue weighted by Gasteiger charge is -2.16. The number of hydrogen-bond donors (Lipinski definition) is 0. The third kappa shape index (κ3) is 3.08. The van der Waals surface area contributed by atoms with Gasteiger partial charge in [-0.05, 0) is 23.8 Å². The van der Waals surface area contributed by atoms with Crippen LogP contribution in [0, 0.1) is 0 Å². The van der Waals surface area contributed by atoms with Crippen molar-refractivity contribution in [2.45, 2.75) is 6.92 Å². The van der Waals surface area contributed by atoms with Crippen molar-refractivity contribution in [2.24, 2.45) is 0 Å². The van der Waals surface area contributed by atoms with Gasteiger partial charge in [0.15, 0.2) is 0 Å². The van der Waals surface area contributed by atoms with Crippen molar-refractivity contribution < 1.29 is 4.79 Å². The highest BCUT2D eigenvalue weighted by molar-refractivity contribution is 5.94. The fraction of sp³-hybridized carbons (Fsp3) is 0.0625. The van der Waals surface area contributed by atoms with Crippen LogP contribution in [0.25, 0.3) is 6.08 Å². The molecule has 2 rings (SSSR count). The SMILES string of the molecule is CC(=O)N(C=Cc1ccccc1)c1ccccc1. The first-order valence-corrected chi connectivity index (χ1v) is 5.85. The summed E-state index contributed by atoms with van der Waals surface area (Å²) in [4.78, 5) is 13.3. The molecule has 2 aromatic carbocycles. The van der Waals surface area contributed by atoms with Crippen LogP contribution in [-0.2, 0) is 4.79 Å². The number of rotatable bonds is 3. The quantitative estimate of drug-likeness (QED) is 0.796. The molecule has 2 aromatic rings. The molecule has 0 aliphatic heterocycles. The van der Waals surface area contributed by atoms with Gasteiger partial charge in [-0.25, -0.2) is 0 Å². The minimum atomic E-state index is -0.00613. The summed E-state index contributed by atoms with van der Waals surface area (Å²) in [6.07, 6.45) is 3.72. The number of para-hydroxylation sites is 1. The summed E-state index contributed by atoms with van der Waals surface area (Å²) >= 11 is 0. The summed E-state index contributed by atoms with van der Waals surface area (Å²) in [6, 6.07) is 19.5. The maximum Gasteiger partial charge on any atom is 0.227 e. The highest BCUT2D eigenvalue weighted by atomic mass is 16.2. The molecule has 0 spiro atoms. The van der Waals surface area contributed by atoms with Crippen LogP contribution in [0.5, 0.6) is 0 Å². The number of nitrogens with zero attached hydrogens (tertiary/aromatic N) is 1. The lowest BCUT2D eigenvalue weighted by Crippen LogP contribution is -2.21. The summed E-state index contributed by atoms with van der Waals surface area (Å²) in [7, 11) is 0. The van der Waals surface area contributed by atoms with E-state index in [2.05, 4.69) is 0 Å². The molecule has 18 heavy (non-hydrogen) atoms. The molecule has 0 heterocycles. The van der Waals surface area contributed by atoms with Gasteiger partial charge in [0.1, 0.15) is 0 Å². The Labute approximate surface area is 107 Å². The van der Waals surface area contributed by atoms with Crippen LogP contribution in [0.2, 0.25) is 0 Å². The maximum absolute atomic E-state index is 11.6. The van der Waals surface area contributed by atoms with Crippen molar-refractivity contribution in [2.75, 3.05) is 4.90 Å². The molecule has 0 unspecified atom stereocenters. The average Bonchev–Trinajstić information content (AvgIpc) is 2.41. The van der Waals surface area contributed by atoms with E-state index in [0.29, 0.717) is 0 Å². The van der Waals surface area contributed by atoms with E-state index in [1.807, 2.05) is 66.7 Å². The van der Waals surface area contributed by atoms with E-state index in [1.54, 1.807) is 18.0 Å². The number of hydrogen-bond acceptors (Lipinski definition) is 1. The molecule has 0 aliphatic carbocycles. The van der Waals surface area contributed by atoms with Gasteiger partial charge in [0.05, 0.1) is 0 Å². The number of carbonyl (C=O) groups is 1. The van der Waals surface area contributed by atoms with E-state index in [0.717, 1.165) is 11.3 Å². The monoisotopic (exact) mass is 237 g/mol. The van der Waals surface area contributed by atoms with E-state index >= 15 is 0 Å². The van der Waals surface area contributed by atoms with Crippen molar-refractivity contribution in [1.82, 2.24) is 0 Å². The largest absolute Gasteiger partial charge is 0.288 e. The Morgan fingerprint density at radius 1 is 0.944 bits per heavy atom. The molecule has 0 saturated heterocycles. The van der Waals surface area contributed by atoms with Gasteiger partial charge in [-0.3, -0.25) is 9.69 Å². The maximum atomic E-state index is 11.6. The van der Waals surface area contributed by atoms with Crippen molar-refractivity contribution >= 4 is 17.7 Å². The van der Waals surface area contributed by atoms with Crippen molar-refractivity contribution in [3.8, 4) is 0 Å². The Balaban J connectivity index is 2.23. The van der Waals surface area contributed by atoms with Crippen molar-refractivity contribution in [3.05, 3.63) is 72.4 Å². The summed E-state index contributed by atoms with van der Waals surface area (Å²) in [5.41, 5.74) is 1.94. The molecule has 2 heteroatoms. The smallest absolute Gasteiger partial charge is 0.227 e. The number of benzene rings is 2. The minimum Gasteiger partial charge on any atom is -0.288 e. The van der Waals surface area contributed by atoms with Crippen LogP contribution in [-0.4, -0.2) is 5.91 Å². The first-order valence-electron chi connectivity index (χ1n) is 5.85. The van der Waals surface area contributed by atoms with Gasteiger partial charge in [0.2, 0.25) is 5.91 Å². The molecular formula is C16H15NO. The zero-order valence-electron chi connectivity index (χ0n) is 10.3. The van der Waals surface area contributed by atoms with Crippen LogP contribution in [0.15, 0.2) is 66.9 Å². The lowest BCUT2D eigenvalue weighted by atomic mass is 10.2. The first-order chi connectivity index (χ1) is 8.77. The fourth-order valence-corrected chi connectivity index (χ4v) is 1.69. The molecule has 90 valence electrons. The molecule has 0 aliphatic rings. The van der Waals surface area contributed by atoms with Gasteiger partial charge in [-0.1, -0.05) is 48.5 Å².